The van der Waals surface area contributed by atoms with Gasteiger partial charge in [0.1, 0.15) is 0 Å². The van der Waals surface area contributed by atoms with E-state index < -0.39 is 16.8 Å². The summed E-state index contributed by atoms with van der Waals surface area (Å²) in [5, 5.41) is 9.77. The Morgan fingerprint density at radius 2 is 1.76 bits per heavy atom. The van der Waals surface area contributed by atoms with Crippen LogP contribution >= 0.6 is 0 Å². The van der Waals surface area contributed by atoms with Crippen molar-refractivity contribution in [3.05, 3.63) is 35.9 Å². The van der Waals surface area contributed by atoms with E-state index >= 15 is 0 Å². The van der Waals surface area contributed by atoms with Gasteiger partial charge in [0.2, 0.25) is 5.91 Å². The molecular formula is C20H27NO4. The van der Waals surface area contributed by atoms with Gasteiger partial charge >= 0.3 is 5.97 Å². The fraction of sp³-hybridized carbons (Fsp3) is 0.600. The lowest BCUT2D eigenvalue weighted by Gasteiger charge is -2.39. The maximum Gasteiger partial charge on any atom is 0.311 e. The number of amides is 1. The van der Waals surface area contributed by atoms with E-state index in [1.54, 1.807) is 4.90 Å². The fourth-order valence-electron chi connectivity index (χ4n) is 4.31. The number of carbonyl (C=O) groups excluding carboxylic acids is 1. The molecule has 1 amide bonds. The predicted molar refractivity (Wildman–Crippen MR) is 94.3 cm³/mol. The van der Waals surface area contributed by atoms with Gasteiger partial charge in [-0.3, -0.25) is 9.59 Å². The molecule has 2 saturated heterocycles. The van der Waals surface area contributed by atoms with Crippen LogP contribution in [0.15, 0.2) is 30.3 Å². The number of benzene rings is 1. The van der Waals surface area contributed by atoms with Gasteiger partial charge in [0.15, 0.2) is 0 Å². The molecule has 2 heterocycles. The molecule has 0 aromatic heterocycles. The maximum atomic E-state index is 13.5. The maximum absolute atomic E-state index is 13.5. The van der Waals surface area contributed by atoms with Gasteiger partial charge in [-0.15, -0.1) is 0 Å². The molecule has 3 rings (SSSR count). The van der Waals surface area contributed by atoms with Crippen LogP contribution in [0.25, 0.3) is 0 Å². The van der Waals surface area contributed by atoms with Gasteiger partial charge in [-0.05, 0) is 30.7 Å². The minimum atomic E-state index is -0.835. The van der Waals surface area contributed by atoms with Crippen LogP contribution < -0.4 is 0 Å². The molecule has 2 aliphatic heterocycles. The molecule has 0 aliphatic carbocycles. The molecule has 0 radical (unpaired) electrons. The Hall–Kier alpha value is -1.88. The molecule has 136 valence electrons. The van der Waals surface area contributed by atoms with Crippen LogP contribution in [0.3, 0.4) is 0 Å². The first-order valence-corrected chi connectivity index (χ1v) is 9.08. The number of carbonyl (C=O) groups is 2. The molecule has 0 bridgehead atoms. The Morgan fingerprint density at radius 1 is 1.12 bits per heavy atom. The Morgan fingerprint density at radius 3 is 2.28 bits per heavy atom. The molecule has 0 saturated carbocycles. The third-order valence-electron chi connectivity index (χ3n) is 6.20. The number of likely N-dealkylation sites (tertiary alicyclic amines) is 1. The molecule has 5 heteroatoms. The summed E-state index contributed by atoms with van der Waals surface area (Å²) >= 11 is 0. The van der Waals surface area contributed by atoms with E-state index in [1.165, 1.54) is 0 Å². The van der Waals surface area contributed by atoms with Crippen molar-refractivity contribution in [2.24, 2.45) is 11.3 Å². The Kier molecular flexibility index (Phi) is 4.87. The van der Waals surface area contributed by atoms with Crippen LogP contribution in [-0.4, -0.2) is 48.2 Å². The van der Waals surface area contributed by atoms with E-state index in [1.807, 2.05) is 44.2 Å². The summed E-state index contributed by atoms with van der Waals surface area (Å²) in [6, 6.07) is 9.88. The van der Waals surface area contributed by atoms with Crippen molar-refractivity contribution in [1.82, 2.24) is 4.90 Å². The zero-order valence-electron chi connectivity index (χ0n) is 15.0. The van der Waals surface area contributed by atoms with Gasteiger partial charge in [-0.2, -0.15) is 0 Å². The monoisotopic (exact) mass is 345 g/mol. The van der Waals surface area contributed by atoms with Crippen LogP contribution in [0, 0.1) is 11.3 Å². The normalized spacial score (nSPS) is 26.0. The van der Waals surface area contributed by atoms with Crippen LogP contribution in [-0.2, 0) is 19.7 Å². The Bertz CT molecular complexity index is 636. The van der Waals surface area contributed by atoms with Gasteiger partial charge in [0.05, 0.1) is 10.8 Å². The molecule has 25 heavy (non-hydrogen) atoms. The molecule has 1 N–H and O–H groups in total. The van der Waals surface area contributed by atoms with Crippen molar-refractivity contribution in [2.75, 3.05) is 26.3 Å². The first-order chi connectivity index (χ1) is 11.9. The first kappa shape index (κ1) is 17.9. The summed E-state index contributed by atoms with van der Waals surface area (Å²) in [5.41, 5.74) is -0.412. The van der Waals surface area contributed by atoms with E-state index in [9.17, 15) is 14.7 Å². The molecule has 1 unspecified atom stereocenters. The molecule has 1 aromatic carbocycles. The van der Waals surface area contributed by atoms with Crippen LogP contribution in [0.2, 0.25) is 0 Å². The summed E-state index contributed by atoms with van der Waals surface area (Å²) in [5.74, 6) is -0.741. The largest absolute Gasteiger partial charge is 0.481 e. The van der Waals surface area contributed by atoms with E-state index in [4.69, 9.17) is 4.74 Å². The predicted octanol–water partition coefficient (Wildman–Crippen LogP) is 2.69. The molecule has 2 fully saturated rings. The standard InChI is InChI=1S/C20H27NO4/c1-15(2)20(18(23)24)8-11-21(14-20)17(22)19(9-12-25-13-10-19)16-6-4-3-5-7-16/h3-7,15H,8-14H2,1-2H3,(H,23,24). The summed E-state index contributed by atoms with van der Waals surface area (Å²) < 4.78 is 5.51. The lowest BCUT2D eigenvalue weighted by molar-refractivity contribution is -0.152. The van der Waals surface area contributed by atoms with Crippen molar-refractivity contribution in [2.45, 2.75) is 38.5 Å². The summed E-state index contributed by atoms with van der Waals surface area (Å²) in [7, 11) is 0. The highest BCUT2D eigenvalue weighted by atomic mass is 16.5. The third-order valence-corrected chi connectivity index (χ3v) is 6.20. The Balaban J connectivity index is 1.91. The average Bonchev–Trinajstić information content (AvgIpc) is 3.09. The highest BCUT2D eigenvalue weighted by molar-refractivity contribution is 5.90. The molecule has 0 spiro atoms. The summed E-state index contributed by atoms with van der Waals surface area (Å²) in [4.78, 5) is 27.2. The number of carboxylic acids is 1. The van der Waals surface area contributed by atoms with Crippen molar-refractivity contribution in [3.63, 3.8) is 0 Å². The van der Waals surface area contributed by atoms with E-state index in [0.29, 0.717) is 45.6 Å². The quantitative estimate of drug-likeness (QED) is 0.911. The van der Waals surface area contributed by atoms with E-state index in [0.717, 1.165) is 5.56 Å². The number of carboxylic acid groups (broad SMARTS) is 1. The summed E-state index contributed by atoms with van der Waals surface area (Å²) in [6.07, 6.45) is 1.81. The minimum Gasteiger partial charge on any atom is -0.481 e. The van der Waals surface area contributed by atoms with Crippen LogP contribution in [0.5, 0.6) is 0 Å². The second kappa shape index (κ2) is 6.79. The lowest BCUT2D eigenvalue weighted by atomic mass is 9.72. The molecule has 2 aliphatic rings. The highest BCUT2D eigenvalue weighted by Gasteiger charge is 2.52. The zero-order valence-corrected chi connectivity index (χ0v) is 15.0. The van der Waals surface area contributed by atoms with Gasteiger partial charge in [-0.1, -0.05) is 44.2 Å². The SMILES string of the molecule is CC(C)C1(C(=O)O)CCN(C(=O)C2(c3ccccc3)CCOCC2)C1. The number of rotatable bonds is 4. The van der Waals surface area contributed by atoms with Crippen LogP contribution in [0.1, 0.15) is 38.7 Å². The number of hydrogen-bond donors (Lipinski definition) is 1. The van der Waals surface area contributed by atoms with Crippen molar-refractivity contribution >= 4 is 11.9 Å². The molecule has 1 aromatic rings. The van der Waals surface area contributed by atoms with Gasteiger partial charge in [0, 0.05) is 26.3 Å². The minimum absolute atomic E-state index is 0.00911. The number of ether oxygens (including phenoxy) is 1. The van der Waals surface area contributed by atoms with Gasteiger partial charge in [-0.25, -0.2) is 0 Å². The number of aliphatic carboxylic acids is 1. The Labute approximate surface area is 149 Å². The fourth-order valence-corrected chi connectivity index (χ4v) is 4.31. The smallest absolute Gasteiger partial charge is 0.311 e. The topological polar surface area (TPSA) is 66.8 Å². The molecular weight excluding hydrogens is 318 g/mol. The van der Waals surface area contributed by atoms with E-state index in [2.05, 4.69) is 0 Å². The summed E-state index contributed by atoms with van der Waals surface area (Å²) in [6.45, 7) is 5.80. The van der Waals surface area contributed by atoms with Gasteiger partial charge < -0.3 is 14.7 Å². The number of hydrogen-bond acceptors (Lipinski definition) is 3. The average molecular weight is 345 g/mol. The second-order valence-corrected chi connectivity index (χ2v) is 7.65. The second-order valence-electron chi connectivity index (χ2n) is 7.65. The number of nitrogens with zero attached hydrogens (tertiary/aromatic N) is 1. The van der Waals surface area contributed by atoms with Crippen LogP contribution in [0.4, 0.5) is 0 Å². The van der Waals surface area contributed by atoms with Gasteiger partial charge in [0.25, 0.3) is 0 Å². The third kappa shape index (κ3) is 2.95. The zero-order chi connectivity index (χ0) is 18.1. The molecule has 1 atom stereocenters. The first-order valence-electron chi connectivity index (χ1n) is 9.08. The lowest BCUT2D eigenvalue weighted by Crippen LogP contribution is -2.50. The molecule has 5 nitrogen and oxygen atoms in total. The van der Waals surface area contributed by atoms with Crippen molar-refractivity contribution < 1.29 is 19.4 Å². The van der Waals surface area contributed by atoms with Crippen molar-refractivity contribution in [3.8, 4) is 0 Å². The van der Waals surface area contributed by atoms with Crippen molar-refractivity contribution in [1.29, 1.82) is 0 Å². The van der Waals surface area contributed by atoms with E-state index in [-0.39, 0.29) is 11.8 Å². The highest BCUT2D eigenvalue weighted by Crippen LogP contribution is 2.42.